The topological polar surface area (TPSA) is 115 Å². The fraction of sp³-hybridized carbons (Fsp3) is 1.00. The summed E-state index contributed by atoms with van der Waals surface area (Å²) < 4.78 is 21.5. The number of alkyl halides is 1. The maximum atomic E-state index is 11.1. The van der Waals surface area contributed by atoms with Crippen molar-refractivity contribution < 1.29 is 28.9 Å². The minimum absolute atomic E-state index is 0.0959. The number of rotatable bonds is 5. The lowest BCUT2D eigenvalue weighted by Crippen LogP contribution is -2.15. The van der Waals surface area contributed by atoms with Crippen molar-refractivity contribution in [1.29, 1.82) is 0 Å². The smallest absolute Gasteiger partial charge is 0.335 e. The van der Waals surface area contributed by atoms with E-state index in [0.717, 1.165) is 0 Å². The van der Waals surface area contributed by atoms with Crippen LogP contribution in [0.2, 0.25) is 0 Å². The number of hydrogen-bond donors (Lipinski definition) is 4. The zero-order valence-electron chi connectivity index (χ0n) is 6.58. The third kappa shape index (κ3) is 7.82. The van der Waals surface area contributed by atoms with Gasteiger partial charge in [-0.2, -0.15) is 0 Å². The molecule has 0 heterocycles. The fourth-order valence-electron chi connectivity index (χ4n) is 0.724. The summed E-state index contributed by atoms with van der Waals surface area (Å²) in [4.78, 5) is 25.9. The van der Waals surface area contributed by atoms with Crippen LogP contribution in [0.3, 0.4) is 0 Å². The highest BCUT2D eigenvalue weighted by atomic mass is 79.9. The Morgan fingerprint density at radius 3 is 2.00 bits per heavy atom. The van der Waals surface area contributed by atoms with Crippen LogP contribution in [0.5, 0.6) is 0 Å². The van der Waals surface area contributed by atoms with Crippen molar-refractivity contribution in [3.8, 4) is 0 Å². The summed E-state index contributed by atoms with van der Waals surface area (Å²) in [6.07, 6.45) is -1.58. The summed E-state index contributed by atoms with van der Waals surface area (Å²) in [5.74, 6) is -1.08. The predicted octanol–water partition coefficient (Wildman–Crippen LogP) is 0.148. The highest BCUT2D eigenvalue weighted by molar-refractivity contribution is 9.09. The number of aliphatic hydroxyl groups excluding tert-OH is 1. The molecular weight excluding hydrogens is 286 g/mol. The average Bonchev–Trinajstić information content (AvgIpc) is 1.80. The van der Waals surface area contributed by atoms with E-state index in [0.29, 0.717) is 0 Å². The maximum Gasteiger partial charge on any atom is 0.335 e. The van der Waals surface area contributed by atoms with Crippen molar-refractivity contribution in [1.82, 2.24) is 0 Å². The summed E-state index contributed by atoms with van der Waals surface area (Å²) in [5, 5.41) is 9.05. The molecule has 0 aliphatic heterocycles. The molecule has 0 spiro atoms. The molecule has 0 aromatic heterocycles. The molecule has 0 aliphatic rings. The van der Waals surface area contributed by atoms with Crippen molar-refractivity contribution in [2.75, 3.05) is 17.4 Å². The molecular formula is C4H11BrO6P2. The van der Waals surface area contributed by atoms with E-state index >= 15 is 0 Å². The Labute approximate surface area is 83.7 Å². The van der Waals surface area contributed by atoms with E-state index in [1.807, 2.05) is 0 Å². The molecule has 2 unspecified atom stereocenters. The second-order valence-electron chi connectivity index (χ2n) is 2.64. The van der Waals surface area contributed by atoms with Gasteiger partial charge in [0.05, 0.1) is 12.3 Å². The minimum atomic E-state index is -4.49. The molecule has 6 nitrogen and oxygen atoms in total. The van der Waals surface area contributed by atoms with Crippen LogP contribution in [-0.2, 0) is 9.13 Å². The molecule has 0 bridgehead atoms. The van der Waals surface area contributed by atoms with Crippen molar-refractivity contribution in [2.24, 2.45) is 0 Å². The van der Waals surface area contributed by atoms with Gasteiger partial charge in [-0.05, 0) is 0 Å². The number of halogens is 1. The van der Waals surface area contributed by atoms with Crippen LogP contribution in [0.15, 0.2) is 0 Å². The summed E-state index contributed by atoms with van der Waals surface area (Å²) in [7, 11) is -8.42. The molecule has 80 valence electrons. The normalized spacial score (nSPS) is 19.5. The van der Waals surface area contributed by atoms with Crippen LogP contribution in [0, 0.1) is 0 Å². The van der Waals surface area contributed by atoms with Gasteiger partial charge in [0, 0.05) is 5.33 Å². The Kier molecular flexibility index (Phi) is 5.33. The van der Waals surface area contributed by atoms with E-state index < -0.39 is 33.1 Å². The van der Waals surface area contributed by atoms with Gasteiger partial charge in [0.15, 0.2) is 0 Å². The van der Waals surface area contributed by atoms with Crippen molar-refractivity contribution in [3.05, 3.63) is 0 Å². The second kappa shape index (κ2) is 5.03. The van der Waals surface area contributed by atoms with Crippen LogP contribution < -0.4 is 0 Å². The Hall–Kier alpha value is 0.780. The second-order valence-corrected chi connectivity index (χ2v) is 7.81. The van der Waals surface area contributed by atoms with Crippen LogP contribution in [0.25, 0.3) is 0 Å². The van der Waals surface area contributed by atoms with Gasteiger partial charge in [0.2, 0.25) is 7.37 Å². The highest BCUT2D eigenvalue weighted by Crippen LogP contribution is 2.54. The minimum Gasteiger partial charge on any atom is -0.392 e. The van der Waals surface area contributed by atoms with E-state index in [9.17, 15) is 9.13 Å². The summed E-state index contributed by atoms with van der Waals surface area (Å²) in [6, 6.07) is 0. The van der Waals surface area contributed by atoms with Crippen LogP contribution in [0.4, 0.5) is 0 Å². The fourth-order valence-corrected chi connectivity index (χ4v) is 4.86. The first-order valence-electron chi connectivity index (χ1n) is 3.26. The lowest BCUT2D eigenvalue weighted by molar-refractivity contribution is 0.220. The predicted molar refractivity (Wildman–Crippen MR) is 51.4 cm³/mol. The van der Waals surface area contributed by atoms with E-state index in [2.05, 4.69) is 15.9 Å². The lowest BCUT2D eigenvalue weighted by Gasteiger charge is -2.14. The third-order valence-electron chi connectivity index (χ3n) is 1.08. The van der Waals surface area contributed by atoms with Gasteiger partial charge in [-0.1, -0.05) is 15.9 Å². The molecule has 0 saturated carbocycles. The molecule has 0 aromatic rings. The molecule has 0 amide bonds. The molecule has 0 saturated heterocycles. The van der Waals surface area contributed by atoms with E-state index in [-0.39, 0.29) is 5.33 Å². The molecule has 0 radical (unpaired) electrons. The quantitative estimate of drug-likeness (QED) is 0.424. The van der Waals surface area contributed by atoms with Gasteiger partial charge in [-0.25, -0.2) is 0 Å². The maximum absolute atomic E-state index is 11.1. The molecule has 9 heteroatoms. The molecule has 4 N–H and O–H groups in total. The average molecular weight is 297 g/mol. The first kappa shape index (κ1) is 13.8. The molecule has 0 rings (SSSR count). The molecule has 13 heavy (non-hydrogen) atoms. The van der Waals surface area contributed by atoms with Gasteiger partial charge in [-0.3, -0.25) is 9.13 Å². The summed E-state index contributed by atoms with van der Waals surface area (Å²) in [6.45, 7) is 0. The van der Waals surface area contributed by atoms with Crippen LogP contribution in [-0.4, -0.2) is 43.3 Å². The summed E-state index contributed by atoms with van der Waals surface area (Å²) >= 11 is 2.87. The Morgan fingerprint density at radius 2 is 1.69 bits per heavy atom. The standard InChI is InChI=1S/C4H11BrO6P2/c5-1-4(6)2-12(7,8)3-13(9,10)11/h4,6H,1-3H2,(H,7,8)(H2,9,10,11). The first-order valence-corrected chi connectivity index (χ1v) is 8.20. The van der Waals surface area contributed by atoms with E-state index in [1.165, 1.54) is 0 Å². The number of hydrogen-bond acceptors (Lipinski definition) is 3. The lowest BCUT2D eigenvalue weighted by atomic mass is 10.5. The molecule has 2 atom stereocenters. The van der Waals surface area contributed by atoms with Gasteiger partial charge in [0.1, 0.15) is 5.90 Å². The van der Waals surface area contributed by atoms with Gasteiger partial charge in [-0.15, -0.1) is 0 Å². The highest BCUT2D eigenvalue weighted by Gasteiger charge is 2.31. The Morgan fingerprint density at radius 1 is 1.23 bits per heavy atom. The zero-order valence-corrected chi connectivity index (χ0v) is 9.95. The summed E-state index contributed by atoms with van der Waals surface area (Å²) in [5.41, 5.74) is 0. The van der Waals surface area contributed by atoms with Gasteiger partial charge < -0.3 is 19.8 Å². The largest absolute Gasteiger partial charge is 0.392 e. The molecule has 0 aromatic carbocycles. The number of aliphatic hydroxyl groups is 1. The Bertz CT molecular complexity index is 249. The van der Waals surface area contributed by atoms with Gasteiger partial charge in [0.25, 0.3) is 0 Å². The molecule has 0 aliphatic carbocycles. The third-order valence-corrected chi connectivity index (χ3v) is 6.06. The first-order chi connectivity index (χ1) is 5.66. The van der Waals surface area contributed by atoms with Gasteiger partial charge >= 0.3 is 7.60 Å². The monoisotopic (exact) mass is 296 g/mol. The zero-order chi connectivity index (χ0) is 10.7. The Balaban J connectivity index is 4.26. The van der Waals surface area contributed by atoms with Crippen molar-refractivity contribution in [2.45, 2.75) is 6.10 Å². The van der Waals surface area contributed by atoms with E-state index in [4.69, 9.17) is 19.8 Å². The van der Waals surface area contributed by atoms with Crippen molar-refractivity contribution in [3.63, 3.8) is 0 Å². The van der Waals surface area contributed by atoms with E-state index in [1.54, 1.807) is 0 Å². The van der Waals surface area contributed by atoms with Crippen molar-refractivity contribution >= 4 is 30.9 Å². The van der Waals surface area contributed by atoms with Crippen LogP contribution in [0.1, 0.15) is 0 Å². The molecule has 0 fully saturated rings. The SMILES string of the molecule is O=P(O)(O)CP(=O)(O)CC(O)CBr. The van der Waals surface area contributed by atoms with Crippen LogP contribution >= 0.6 is 30.9 Å².